The van der Waals surface area contributed by atoms with Crippen molar-refractivity contribution in [2.75, 3.05) is 0 Å². The molecule has 4 nitrogen and oxygen atoms in total. The maximum absolute atomic E-state index is 12.3. The molecule has 2 heterocycles. The topological polar surface area (TPSA) is 46.9 Å². The van der Waals surface area contributed by atoms with Crippen LogP contribution in [0.4, 0.5) is 0 Å². The third-order valence-electron chi connectivity index (χ3n) is 3.13. The second kappa shape index (κ2) is 6.10. The van der Waals surface area contributed by atoms with E-state index in [0.29, 0.717) is 12.1 Å². The number of carbonyl (C=O) groups is 1. The first-order valence-corrected chi connectivity index (χ1v) is 8.04. The van der Waals surface area contributed by atoms with Crippen LogP contribution in [0.15, 0.2) is 34.0 Å². The van der Waals surface area contributed by atoms with Crippen molar-refractivity contribution in [2.45, 2.75) is 33.4 Å². The predicted octanol–water partition coefficient (Wildman–Crippen LogP) is 3.55. The molecule has 6 heteroatoms. The molecule has 1 N–H and O–H groups in total. The maximum Gasteiger partial charge on any atom is 0.252 e. The number of nitrogens with zero attached hydrogens (tertiary/aromatic N) is 2. The van der Waals surface area contributed by atoms with Gasteiger partial charge in [-0.15, -0.1) is 11.3 Å². The summed E-state index contributed by atoms with van der Waals surface area (Å²) >= 11 is 4.89. The zero-order valence-corrected chi connectivity index (χ0v) is 14.2. The van der Waals surface area contributed by atoms with Gasteiger partial charge in [0.1, 0.15) is 0 Å². The van der Waals surface area contributed by atoms with Crippen LogP contribution in [0.5, 0.6) is 0 Å². The Labute approximate surface area is 131 Å². The van der Waals surface area contributed by atoms with Gasteiger partial charge in [-0.05, 0) is 27.4 Å². The van der Waals surface area contributed by atoms with E-state index in [0.717, 1.165) is 3.79 Å². The lowest BCUT2D eigenvalue weighted by molar-refractivity contribution is 0.0893. The summed E-state index contributed by atoms with van der Waals surface area (Å²) in [6.07, 6.45) is 5.43. The number of imidazole rings is 1. The van der Waals surface area contributed by atoms with E-state index in [-0.39, 0.29) is 17.4 Å². The predicted molar refractivity (Wildman–Crippen MR) is 85.0 cm³/mol. The van der Waals surface area contributed by atoms with E-state index in [4.69, 9.17) is 0 Å². The molecule has 0 saturated heterocycles. The highest BCUT2D eigenvalue weighted by Gasteiger charge is 2.27. The fraction of sp³-hybridized carbons (Fsp3) is 0.429. The maximum atomic E-state index is 12.3. The molecule has 108 valence electrons. The van der Waals surface area contributed by atoms with Crippen LogP contribution in [-0.4, -0.2) is 21.5 Å². The second-order valence-electron chi connectivity index (χ2n) is 5.79. The molecule has 1 unspecified atom stereocenters. The van der Waals surface area contributed by atoms with Gasteiger partial charge in [0, 0.05) is 24.3 Å². The third-order valence-corrected chi connectivity index (χ3v) is 4.64. The number of carbonyl (C=O) groups excluding carboxylic acids is 1. The molecule has 0 aliphatic heterocycles. The van der Waals surface area contributed by atoms with Crippen molar-refractivity contribution in [3.8, 4) is 0 Å². The molecule has 0 aliphatic carbocycles. The number of nitrogens with one attached hydrogen (secondary N) is 1. The van der Waals surface area contributed by atoms with Gasteiger partial charge in [-0.2, -0.15) is 0 Å². The molecule has 0 spiro atoms. The number of amides is 1. The summed E-state index contributed by atoms with van der Waals surface area (Å²) in [5.74, 6) is -0.0352. The first-order valence-electron chi connectivity index (χ1n) is 6.37. The molecule has 20 heavy (non-hydrogen) atoms. The van der Waals surface area contributed by atoms with E-state index >= 15 is 0 Å². The third kappa shape index (κ3) is 3.93. The first kappa shape index (κ1) is 15.3. The normalized spacial score (nSPS) is 13.2. The van der Waals surface area contributed by atoms with Crippen molar-refractivity contribution in [3.05, 3.63) is 39.5 Å². The number of thiophene rings is 1. The Kier molecular flexibility index (Phi) is 4.65. The molecule has 0 fully saturated rings. The number of rotatable bonds is 4. The van der Waals surface area contributed by atoms with Crippen LogP contribution in [0.25, 0.3) is 0 Å². The summed E-state index contributed by atoms with van der Waals surface area (Å²) in [7, 11) is 0. The van der Waals surface area contributed by atoms with Gasteiger partial charge >= 0.3 is 0 Å². The van der Waals surface area contributed by atoms with E-state index in [9.17, 15) is 4.79 Å². The molecule has 0 bridgehead atoms. The monoisotopic (exact) mass is 355 g/mol. The minimum Gasteiger partial charge on any atom is -0.347 e. The lowest BCUT2D eigenvalue weighted by Crippen LogP contribution is -2.46. The van der Waals surface area contributed by atoms with Crippen molar-refractivity contribution >= 4 is 33.2 Å². The van der Waals surface area contributed by atoms with Crippen LogP contribution in [0, 0.1) is 5.41 Å². The molecule has 0 saturated carbocycles. The van der Waals surface area contributed by atoms with Crippen molar-refractivity contribution in [2.24, 2.45) is 5.41 Å². The van der Waals surface area contributed by atoms with Gasteiger partial charge in [0.15, 0.2) is 0 Å². The summed E-state index contributed by atoms with van der Waals surface area (Å²) in [4.78, 5) is 16.3. The van der Waals surface area contributed by atoms with E-state index < -0.39 is 0 Å². The zero-order chi connectivity index (χ0) is 14.8. The molecule has 1 atom stereocenters. The quantitative estimate of drug-likeness (QED) is 0.911. The molecular formula is C14H18BrN3OS. The fourth-order valence-corrected chi connectivity index (χ4v) is 2.95. The van der Waals surface area contributed by atoms with Crippen molar-refractivity contribution in [1.29, 1.82) is 0 Å². The summed E-state index contributed by atoms with van der Waals surface area (Å²) in [5.41, 5.74) is 0.662. The number of halogens is 1. The lowest BCUT2D eigenvalue weighted by atomic mass is 9.86. The van der Waals surface area contributed by atoms with E-state index in [1.165, 1.54) is 11.3 Å². The highest BCUT2D eigenvalue weighted by atomic mass is 79.9. The smallest absolute Gasteiger partial charge is 0.252 e. The van der Waals surface area contributed by atoms with Crippen LogP contribution >= 0.6 is 27.3 Å². The van der Waals surface area contributed by atoms with Gasteiger partial charge in [-0.25, -0.2) is 4.98 Å². The largest absolute Gasteiger partial charge is 0.347 e. The zero-order valence-electron chi connectivity index (χ0n) is 11.8. The number of hydrogen-bond acceptors (Lipinski definition) is 3. The van der Waals surface area contributed by atoms with Gasteiger partial charge in [0.05, 0.1) is 21.7 Å². The van der Waals surface area contributed by atoms with E-state index in [1.54, 1.807) is 12.5 Å². The van der Waals surface area contributed by atoms with Crippen LogP contribution in [0.3, 0.4) is 0 Å². The Morgan fingerprint density at radius 1 is 1.55 bits per heavy atom. The molecule has 0 aliphatic rings. The van der Waals surface area contributed by atoms with Crippen LogP contribution in [-0.2, 0) is 6.54 Å². The SMILES string of the molecule is CC(C)(C)C(Cn1ccnc1)NC(=O)c1csc(Br)c1. The van der Waals surface area contributed by atoms with E-state index in [2.05, 4.69) is 47.0 Å². The Bertz CT molecular complexity index is 572. The van der Waals surface area contributed by atoms with Gasteiger partial charge in [-0.1, -0.05) is 20.8 Å². The summed E-state index contributed by atoms with van der Waals surface area (Å²) in [5, 5.41) is 4.98. The summed E-state index contributed by atoms with van der Waals surface area (Å²) in [6.45, 7) is 7.08. The molecule has 2 rings (SSSR count). The van der Waals surface area contributed by atoms with E-state index in [1.807, 2.05) is 22.2 Å². The van der Waals surface area contributed by atoms with Crippen LogP contribution in [0.1, 0.15) is 31.1 Å². The average molecular weight is 356 g/mol. The molecule has 1 amide bonds. The van der Waals surface area contributed by atoms with Crippen LogP contribution < -0.4 is 5.32 Å². The fourth-order valence-electron chi connectivity index (χ4n) is 1.81. The molecular weight excluding hydrogens is 338 g/mol. The van der Waals surface area contributed by atoms with Gasteiger partial charge in [-0.3, -0.25) is 4.79 Å². The Morgan fingerprint density at radius 2 is 2.30 bits per heavy atom. The lowest BCUT2D eigenvalue weighted by Gasteiger charge is -2.31. The Morgan fingerprint density at radius 3 is 2.80 bits per heavy atom. The van der Waals surface area contributed by atoms with Crippen molar-refractivity contribution in [3.63, 3.8) is 0 Å². The first-order chi connectivity index (χ1) is 9.36. The highest BCUT2D eigenvalue weighted by molar-refractivity contribution is 9.11. The second-order valence-corrected chi connectivity index (χ2v) is 8.08. The standard InChI is InChI=1S/C14H18BrN3OS/c1-14(2,3)11(7-18-5-4-16-9-18)17-13(19)10-6-12(15)20-8-10/h4-6,8-9,11H,7H2,1-3H3,(H,17,19). The Balaban J connectivity index is 2.10. The van der Waals surface area contributed by atoms with Crippen molar-refractivity contribution in [1.82, 2.24) is 14.9 Å². The minimum absolute atomic E-state index is 0.0304. The van der Waals surface area contributed by atoms with Gasteiger partial charge < -0.3 is 9.88 Å². The summed E-state index contributed by atoms with van der Waals surface area (Å²) < 4.78 is 2.95. The number of aromatic nitrogens is 2. The van der Waals surface area contributed by atoms with Crippen LogP contribution in [0.2, 0.25) is 0 Å². The van der Waals surface area contributed by atoms with Gasteiger partial charge in [0.25, 0.3) is 5.91 Å². The molecule has 0 aromatic carbocycles. The average Bonchev–Trinajstić information content (AvgIpc) is 2.98. The highest BCUT2D eigenvalue weighted by Crippen LogP contribution is 2.23. The molecule has 0 radical (unpaired) electrons. The van der Waals surface area contributed by atoms with Crippen molar-refractivity contribution < 1.29 is 4.79 Å². The molecule has 2 aromatic rings. The Hall–Kier alpha value is -1.14. The summed E-state index contributed by atoms with van der Waals surface area (Å²) in [6, 6.07) is 1.87. The number of hydrogen-bond donors (Lipinski definition) is 1. The molecule has 2 aromatic heterocycles. The van der Waals surface area contributed by atoms with Gasteiger partial charge in [0.2, 0.25) is 0 Å². The minimum atomic E-state index is -0.0352.